The van der Waals surface area contributed by atoms with Crippen molar-refractivity contribution < 1.29 is 18.7 Å². The lowest BCUT2D eigenvalue weighted by Crippen LogP contribution is -2.36. The number of hydrogen-bond donors (Lipinski definition) is 1. The van der Waals surface area contributed by atoms with Crippen LogP contribution in [0.2, 0.25) is 0 Å². The van der Waals surface area contributed by atoms with E-state index in [0.29, 0.717) is 22.4 Å². The minimum absolute atomic E-state index is 0.0606. The minimum atomic E-state index is -0.291. The lowest BCUT2D eigenvalue weighted by Gasteiger charge is -2.16. The fourth-order valence-corrected chi connectivity index (χ4v) is 3.59. The Balaban J connectivity index is 1.53. The van der Waals surface area contributed by atoms with Gasteiger partial charge in [-0.2, -0.15) is 0 Å². The van der Waals surface area contributed by atoms with Gasteiger partial charge in [0.25, 0.3) is 0 Å². The zero-order valence-electron chi connectivity index (χ0n) is 17.2. The molecule has 10 heteroatoms. The largest absolute Gasteiger partial charge is 0.497 e. The predicted molar refractivity (Wildman–Crippen MR) is 113 cm³/mol. The van der Waals surface area contributed by atoms with E-state index in [0.717, 1.165) is 11.3 Å². The average Bonchev–Trinajstić information content (AvgIpc) is 3.30. The number of furan rings is 1. The fourth-order valence-electron chi connectivity index (χ4n) is 2.73. The summed E-state index contributed by atoms with van der Waals surface area (Å²) < 4.78 is 12.3. The van der Waals surface area contributed by atoms with Crippen LogP contribution in [-0.2, 0) is 16.6 Å². The number of ether oxygens (including phenoxy) is 1. The zero-order chi connectivity index (χ0) is 21.7. The van der Waals surface area contributed by atoms with Gasteiger partial charge in [-0.25, -0.2) is 0 Å². The summed E-state index contributed by atoms with van der Waals surface area (Å²) >= 11 is 1.26. The van der Waals surface area contributed by atoms with E-state index in [-0.39, 0.29) is 24.1 Å². The number of benzene rings is 1. The molecular formula is C20H23N5O4S. The molecule has 1 N–H and O–H groups in total. The Morgan fingerprint density at radius 2 is 2.10 bits per heavy atom. The molecule has 2 amide bonds. The molecule has 2 heterocycles. The molecule has 0 aliphatic heterocycles. The molecular weight excluding hydrogens is 406 g/mol. The molecule has 0 spiro atoms. The van der Waals surface area contributed by atoms with Gasteiger partial charge in [-0.3, -0.25) is 9.59 Å². The van der Waals surface area contributed by atoms with Crippen molar-refractivity contribution in [1.82, 2.24) is 19.7 Å². The van der Waals surface area contributed by atoms with E-state index < -0.39 is 0 Å². The van der Waals surface area contributed by atoms with Crippen LogP contribution in [0.5, 0.6) is 5.75 Å². The number of nitrogens with zero attached hydrogens (tertiary/aromatic N) is 4. The second-order valence-corrected chi connectivity index (χ2v) is 7.52. The molecule has 3 rings (SSSR count). The SMILES string of the molecule is COc1cccc(NC(=O)CN(C)C(=O)CSc2nnc(-c3ccoc3C)n2C)c1. The van der Waals surface area contributed by atoms with Gasteiger partial charge in [-0.05, 0) is 25.1 Å². The summed E-state index contributed by atoms with van der Waals surface area (Å²) in [6.07, 6.45) is 1.60. The maximum Gasteiger partial charge on any atom is 0.243 e. The number of carbonyl (C=O) groups is 2. The van der Waals surface area contributed by atoms with Gasteiger partial charge < -0.3 is 23.9 Å². The summed E-state index contributed by atoms with van der Waals surface area (Å²) in [5, 5.41) is 11.7. The highest BCUT2D eigenvalue weighted by Gasteiger charge is 2.18. The first-order valence-electron chi connectivity index (χ1n) is 9.13. The van der Waals surface area contributed by atoms with Crippen LogP contribution < -0.4 is 10.1 Å². The van der Waals surface area contributed by atoms with Crippen molar-refractivity contribution >= 4 is 29.3 Å². The minimum Gasteiger partial charge on any atom is -0.497 e. The molecule has 0 radical (unpaired) electrons. The molecule has 30 heavy (non-hydrogen) atoms. The van der Waals surface area contributed by atoms with Gasteiger partial charge >= 0.3 is 0 Å². The highest BCUT2D eigenvalue weighted by Crippen LogP contribution is 2.25. The van der Waals surface area contributed by atoms with E-state index in [1.54, 1.807) is 44.7 Å². The van der Waals surface area contributed by atoms with Crippen LogP contribution in [0.15, 0.2) is 46.2 Å². The average molecular weight is 430 g/mol. The van der Waals surface area contributed by atoms with Crippen LogP contribution in [0, 0.1) is 6.92 Å². The number of anilines is 1. The Bertz CT molecular complexity index is 1050. The van der Waals surface area contributed by atoms with Crippen LogP contribution in [0.1, 0.15) is 5.76 Å². The standard InChI is InChI=1S/C20H23N5O4S/c1-13-16(8-9-29-13)19-22-23-20(25(19)3)30-12-18(27)24(2)11-17(26)21-14-6-5-7-15(10-14)28-4/h5-10H,11-12H2,1-4H3,(H,21,26). The predicted octanol–water partition coefficient (Wildman–Crippen LogP) is 2.58. The molecule has 0 unspecified atom stereocenters. The third kappa shape index (κ3) is 5.01. The number of amides is 2. The maximum absolute atomic E-state index is 12.4. The summed E-state index contributed by atoms with van der Waals surface area (Å²) in [7, 11) is 4.98. The molecule has 0 saturated carbocycles. The number of likely N-dealkylation sites (N-methyl/N-ethyl adjacent to an activating group) is 1. The first-order chi connectivity index (χ1) is 14.4. The molecule has 0 saturated heterocycles. The van der Waals surface area contributed by atoms with Crippen LogP contribution in [0.3, 0.4) is 0 Å². The number of thioether (sulfide) groups is 1. The topological polar surface area (TPSA) is 102 Å². The van der Waals surface area contributed by atoms with Crippen LogP contribution >= 0.6 is 11.8 Å². The van der Waals surface area contributed by atoms with Gasteiger partial charge in [-0.1, -0.05) is 17.8 Å². The Morgan fingerprint density at radius 3 is 2.80 bits per heavy atom. The van der Waals surface area contributed by atoms with Crippen molar-refractivity contribution in [2.45, 2.75) is 12.1 Å². The summed E-state index contributed by atoms with van der Waals surface area (Å²) in [5.74, 6) is 1.72. The Labute approximate surface area is 178 Å². The van der Waals surface area contributed by atoms with Gasteiger partial charge in [0.2, 0.25) is 11.8 Å². The van der Waals surface area contributed by atoms with Gasteiger partial charge in [-0.15, -0.1) is 10.2 Å². The number of aryl methyl sites for hydroxylation is 1. The monoisotopic (exact) mass is 429 g/mol. The number of aromatic nitrogens is 3. The van der Waals surface area contributed by atoms with E-state index in [2.05, 4.69) is 15.5 Å². The third-order valence-electron chi connectivity index (χ3n) is 4.42. The molecule has 0 bridgehead atoms. The number of methoxy groups -OCH3 is 1. The Kier molecular flexibility index (Phi) is 6.78. The summed E-state index contributed by atoms with van der Waals surface area (Å²) in [4.78, 5) is 26.0. The lowest BCUT2D eigenvalue weighted by atomic mass is 10.2. The number of carbonyl (C=O) groups excluding carboxylic acids is 2. The first-order valence-corrected chi connectivity index (χ1v) is 10.1. The second-order valence-electron chi connectivity index (χ2n) is 6.57. The number of rotatable bonds is 8. The van der Waals surface area contributed by atoms with Crippen LogP contribution in [0.25, 0.3) is 11.4 Å². The van der Waals surface area contributed by atoms with Crippen LogP contribution in [0.4, 0.5) is 5.69 Å². The van der Waals surface area contributed by atoms with Crippen molar-refractivity contribution in [3.05, 3.63) is 42.4 Å². The lowest BCUT2D eigenvalue weighted by molar-refractivity contribution is -0.131. The van der Waals surface area contributed by atoms with Crippen molar-refractivity contribution in [2.75, 3.05) is 31.8 Å². The van der Waals surface area contributed by atoms with E-state index >= 15 is 0 Å². The molecule has 2 aromatic heterocycles. The van der Waals surface area contributed by atoms with Crippen molar-refractivity contribution in [3.63, 3.8) is 0 Å². The highest BCUT2D eigenvalue weighted by atomic mass is 32.2. The molecule has 0 aliphatic rings. The molecule has 9 nitrogen and oxygen atoms in total. The smallest absolute Gasteiger partial charge is 0.243 e. The van der Waals surface area contributed by atoms with Gasteiger partial charge in [0.05, 0.1) is 31.2 Å². The van der Waals surface area contributed by atoms with E-state index in [4.69, 9.17) is 9.15 Å². The van der Waals surface area contributed by atoms with Gasteiger partial charge in [0.15, 0.2) is 11.0 Å². The summed E-state index contributed by atoms with van der Waals surface area (Å²) in [5.41, 5.74) is 1.46. The zero-order valence-corrected chi connectivity index (χ0v) is 18.0. The molecule has 0 aliphatic carbocycles. The van der Waals surface area contributed by atoms with E-state index in [1.807, 2.05) is 24.6 Å². The quantitative estimate of drug-likeness (QED) is 0.549. The van der Waals surface area contributed by atoms with Crippen LogP contribution in [-0.4, -0.2) is 57.9 Å². The fraction of sp³-hybridized carbons (Fsp3) is 0.300. The Hall–Kier alpha value is -3.27. The highest BCUT2D eigenvalue weighted by molar-refractivity contribution is 7.99. The molecule has 0 fully saturated rings. The van der Waals surface area contributed by atoms with E-state index in [9.17, 15) is 9.59 Å². The molecule has 3 aromatic rings. The van der Waals surface area contributed by atoms with Crippen molar-refractivity contribution in [1.29, 1.82) is 0 Å². The van der Waals surface area contributed by atoms with E-state index in [1.165, 1.54) is 16.7 Å². The van der Waals surface area contributed by atoms with Gasteiger partial charge in [0, 0.05) is 25.8 Å². The maximum atomic E-state index is 12.4. The number of nitrogens with one attached hydrogen (secondary N) is 1. The first kappa shape index (κ1) is 21.4. The number of hydrogen-bond acceptors (Lipinski definition) is 7. The molecule has 0 atom stereocenters. The normalized spacial score (nSPS) is 10.7. The third-order valence-corrected chi connectivity index (χ3v) is 5.42. The van der Waals surface area contributed by atoms with Crippen molar-refractivity contribution in [2.24, 2.45) is 7.05 Å². The summed E-state index contributed by atoms with van der Waals surface area (Å²) in [6.45, 7) is 1.79. The van der Waals surface area contributed by atoms with Gasteiger partial charge in [0.1, 0.15) is 11.5 Å². The second kappa shape index (κ2) is 9.49. The Morgan fingerprint density at radius 1 is 1.30 bits per heavy atom. The molecule has 1 aromatic carbocycles. The summed E-state index contributed by atoms with van der Waals surface area (Å²) in [6, 6.07) is 8.86. The van der Waals surface area contributed by atoms with Crippen molar-refractivity contribution in [3.8, 4) is 17.1 Å². The molecule has 158 valence electrons.